The lowest BCUT2D eigenvalue weighted by Crippen LogP contribution is -2.42. The number of nitrogens with one attached hydrogen (secondary N) is 2. The highest BCUT2D eigenvalue weighted by atomic mass is 32.1. The van der Waals surface area contributed by atoms with Gasteiger partial charge in [-0.25, -0.2) is 4.98 Å². The third-order valence-corrected chi connectivity index (χ3v) is 5.16. The van der Waals surface area contributed by atoms with Crippen molar-refractivity contribution >= 4 is 34.1 Å². The number of fused-ring (bicyclic) bond motifs is 1. The van der Waals surface area contributed by atoms with Crippen LogP contribution in [-0.4, -0.2) is 21.4 Å². The van der Waals surface area contributed by atoms with Gasteiger partial charge in [0, 0.05) is 29.0 Å². The molecule has 0 saturated carbocycles. The molecule has 27 heavy (non-hydrogen) atoms. The van der Waals surface area contributed by atoms with Crippen molar-refractivity contribution in [2.75, 3.05) is 0 Å². The molecule has 136 valence electrons. The van der Waals surface area contributed by atoms with Crippen molar-refractivity contribution in [3.63, 3.8) is 0 Å². The third-order valence-electron chi connectivity index (χ3n) is 4.17. The molecular weight excluding hydrogens is 364 g/mol. The molecule has 3 heterocycles. The molecule has 0 spiro atoms. The highest BCUT2D eigenvalue weighted by molar-refractivity contribution is 7.15. The number of aryl methyl sites for hydroxylation is 2. The molecule has 0 bridgehead atoms. The smallest absolute Gasteiger partial charge is 0.289 e. The van der Waals surface area contributed by atoms with Crippen LogP contribution in [0.3, 0.4) is 0 Å². The summed E-state index contributed by atoms with van der Waals surface area (Å²) >= 11 is 1.35. The number of benzene rings is 1. The summed E-state index contributed by atoms with van der Waals surface area (Å²) in [6, 6.07) is 11.1. The molecule has 4 rings (SSSR count). The van der Waals surface area contributed by atoms with Gasteiger partial charge in [0.2, 0.25) is 0 Å². The summed E-state index contributed by atoms with van der Waals surface area (Å²) in [5.74, 6) is -0.267. The highest BCUT2D eigenvalue weighted by Gasteiger charge is 2.19. The second-order valence-corrected chi connectivity index (χ2v) is 7.18. The van der Waals surface area contributed by atoms with Crippen molar-refractivity contribution in [2.24, 2.45) is 7.05 Å². The first kappa shape index (κ1) is 17.0. The van der Waals surface area contributed by atoms with Gasteiger partial charge < -0.3 is 8.98 Å². The molecule has 8 heteroatoms. The van der Waals surface area contributed by atoms with E-state index in [0.29, 0.717) is 16.3 Å². The monoisotopic (exact) mass is 380 g/mol. The van der Waals surface area contributed by atoms with Gasteiger partial charge in [-0.15, -0.1) is 11.3 Å². The Labute approximate surface area is 158 Å². The molecule has 4 aromatic rings. The molecule has 3 aromatic heterocycles. The van der Waals surface area contributed by atoms with E-state index in [2.05, 4.69) is 15.8 Å². The minimum absolute atomic E-state index is 0.254. The summed E-state index contributed by atoms with van der Waals surface area (Å²) in [6.45, 7) is 1.80. The van der Waals surface area contributed by atoms with E-state index in [9.17, 15) is 9.59 Å². The molecule has 0 radical (unpaired) electrons. The van der Waals surface area contributed by atoms with Gasteiger partial charge in [0.05, 0.1) is 11.8 Å². The molecule has 0 unspecified atom stereocenters. The number of hydrogen-bond donors (Lipinski definition) is 2. The van der Waals surface area contributed by atoms with Crippen LogP contribution >= 0.6 is 11.3 Å². The predicted molar refractivity (Wildman–Crippen MR) is 102 cm³/mol. The van der Waals surface area contributed by atoms with E-state index in [1.807, 2.05) is 35.9 Å². The average Bonchev–Trinajstić information content (AvgIpc) is 3.39. The summed E-state index contributed by atoms with van der Waals surface area (Å²) < 4.78 is 7.18. The second kappa shape index (κ2) is 6.73. The lowest BCUT2D eigenvalue weighted by atomic mass is 10.2. The Bertz CT molecular complexity index is 1140. The molecule has 1 aromatic carbocycles. The van der Waals surface area contributed by atoms with Crippen molar-refractivity contribution in [2.45, 2.75) is 6.92 Å². The number of carbonyl (C=O) groups is 2. The first-order valence-corrected chi connectivity index (χ1v) is 9.02. The first-order chi connectivity index (χ1) is 13.0. The van der Waals surface area contributed by atoms with Crippen molar-refractivity contribution in [3.8, 4) is 10.8 Å². The topological polar surface area (TPSA) is 89.2 Å². The fourth-order valence-corrected chi connectivity index (χ4v) is 3.75. The van der Waals surface area contributed by atoms with Gasteiger partial charge in [-0.05, 0) is 25.1 Å². The quantitative estimate of drug-likeness (QED) is 0.534. The first-order valence-electron chi connectivity index (χ1n) is 8.20. The van der Waals surface area contributed by atoms with E-state index >= 15 is 0 Å². The largest absolute Gasteiger partial charge is 0.462 e. The Morgan fingerprint density at radius 1 is 1.11 bits per heavy atom. The van der Waals surface area contributed by atoms with Gasteiger partial charge in [-0.1, -0.05) is 18.2 Å². The average molecular weight is 380 g/mol. The Balaban J connectivity index is 1.50. The number of hydrogen-bond acceptors (Lipinski definition) is 5. The van der Waals surface area contributed by atoms with Gasteiger partial charge in [0.25, 0.3) is 11.8 Å². The Hall–Kier alpha value is -3.39. The Morgan fingerprint density at radius 3 is 2.67 bits per heavy atom. The van der Waals surface area contributed by atoms with E-state index in [-0.39, 0.29) is 11.6 Å². The Kier molecular flexibility index (Phi) is 4.25. The maximum absolute atomic E-state index is 12.5. The molecule has 0 aliphatic carbocycles. The molecule has 7 nitrogen and oxygen atoms in total. The van der Waals surface area contributed by atoms with Crippen LogP contribution in [0.25, 0.3) is 21.7 Å². The fourth-order valence-electron chi connectivity index (χ4n) is 2.88. The highest BCUT2D eigenvalue weighted by Crippen LogP contribution is 2.27. The minimum atomic E-state index is -0.477. The van der Waals surface area contributed by atoms with Gasteiger partial charge in [-0.3, -0.25) is 20.4 Å². The maximum atomic E-state index is 12.5. The number of amides is 2. The van der Waals surface area contributed by atoms with Crippen LogP contribution in [0.1, 0.15) is 25.7 Å². The standard InChI is InChI=1S/C19H16N4O3S/c1-11-16(20-19(27-11)15-8-5-9-26-15)18(25)22-21-17(24)13-10-23(2)14-7-4-3-6-12(13)14/h3-10H,1-2H3,(H,21,24)(H,22,25). The van der Waals surface area contributed by atoms with Gasteiger partial charge in [0.1, 0.15) is 5.69 Å². The molecule has 0 atom stereocenters. The van der Waals surface area contributed by atoms with Gasteiger partial charge >= 0.3 is 0 Å². The normalized spacial score (nSPS) is 10.9. The maximum Gasteiger partial charge on any atom is 0.289 e. The van der Waals surface area contributed by atoms with Crippen LogP contribution in [0.2, 0.25) is 0 Å². The van der Waals surface area contributed by atoms with E-state index in [1.165, 1.54) is 11.3 Å². The number of thiazole rings is 1. The molecule has 0 fully saturated rings. The Morgan fingerprint density at radius 2 is 1.89 bits per heavy atom. The van der Waals surface area contributed by atoms with Crippen molar-refractivity contribution in [3.05, 3.63) is 65.0 Å². The van der Waals surface area contributed by atoms with Crippen LogP contribution in [0, 0.1) is 6.92 Å². The zero-order valence-electron chi connectivity index (χ0n) is 14.6. The minimum Gasteiger partial charge on any atom is -0.462 e. The summed E-state index contributed by atoms with van der Waals surface area (Å²) in [7, 11) is 1.87. The van der Waals surface area contributed by atoms with E-state index in [0.717, 1.165) is 15.8 Å². The lowest BCUT2D eigenvalue weighted by molar-refractivity contribution is 0.0845. The molecule has 0 aliphatic rings. The zero-order valence-corrected chi connectivity index (χ0v) is 15.5. The fraction of sp³-hybridized carbons (Fsp3) is 0.105. The summed E-state index contributed by atoms with van der Waals surface area (Å²) in [5, 5.41) is 1.43. The van der Waals surface area contributed by atoms with Crippen LogP contribution in [-0.2, 0) is 7.05 Å². The van der Waals surface area contributed by atoms with Crippen molar-refractivity contribution in [1.82, 2.24) is 20.4 Å². The van der Waals surface area contributed by atoms with Gasteiger partial charge in [0.15, 0.2) is 10.8 Å². The van der Waals surface area contributed by atoms with Crippen LogP contribution in [0.15, 0.2) is 53.3 Å². The number of aromatic nitrogens is 2. The lowest BCUT2D eigenvalue weighted by Gasteiger charge is -2.05. The predicted octanol–water partition coefficient (Wildman–Crippen LogP) is 3.28. The number of furan rings is 1. The number of hydrazine groups is 1. The number of rotatable bonds is 3. The summed E-state index contributed by atoms with van der Waals surface area (Å²) in [4.78, 5) is 30.0. The molecule has 0 aliphatic heterocycles. The summed E-state index contributed by atoms with van der Waals surface area (Å²) in [5.41, 5.74) is 6.58. The number of para-hydroxylation sites is 1. The third kappa shape index (κ3) is 3.11. The van der Waals surface area contributed by atoms with E-state index < -0.39 is 5.91 Å². The van der Waals surface area contributed by atoms with E-state index in [1.54, 1.807) is 31.5 Å². The second-order valence-electron chi connectivity index (χ2n) is 5.98. The van der Waals surface area contributed by atoms with Crippen molar-refractivity contribution < 1.29 is 14.0 Å². The molecule has 2 amide bonds. The van der Waals surface area contributed by atoms with Crippen LogP contribution in [0.5, 0.6) is 0 Å². The van der Waals surface area contributed by atoms with Crippen LogP contribution in [0.4, 0.5) is 0 Å². The molecule has 0 saturated heterocycles. The number of nitrogens with zero attached hydrogens (tertiary/aromatic N) is 2. The molecular formula is C19H16N4O3S. The van der Waals surface area contributed by atoms with Crippen LogP contribution < -0.4 is 10.9 Å². The van der Waals surface area contributed by atoms with Crippen molar-refractivity contribution in [1.29, 1.82) is 0 Å². The van der Waals surface area contributed by atoms with Gasteiger partial charge in [-0.2, -0.15) is 0 Å². The zero-order chi connectivity index (χ0) is 19.0. The molecule has 2 N–H and O–H groups in total. The number of carbonyl (C=O) groups excluding carboxylic acids is 2. The summed E-state index contributed by atoms with van der Waals surface area (Å²) in [6.07, 6.45) is 3.28. The SMILES string of the molecule is Cc1sc(-c2ccco2)nc1C(=O)NNC(=O)c1cn(C)c2ccccc12. The van der Waals surface area contributed by atoms with E-state index in [4.69, 9.17) is 4.42 Å².